The van der Waals surface area contributed by atoms with E-state index in [2.05, 4.69) is 0 Å². The number of benzene rings is 1. The van der Waals surface area contributed by atoms with Crippen molar-refractivity contribution < 1.29 is 13.9 Å². The third-order valence-electron chi connectivity index (χ3n) is 1.94. The predicted molar refractivity (Wildman–Crippen MR) is 51.8 cm³/mol. The van der Waals surface area contributed by atoms with Crippen molar-refractivity contribution in [3.63, 3.8) is 0 Å². The highest BCUT2D eigenvalue weighted by molar-refractivity contribution is 6.30. The van der Waals surface area contributed by atoms with Crippen LogP contribution in [0, 0.1) is 0 Å². The molecule has 1 aromatic carbocycles. The Kier molecular flexibility index (Phi) is 3.45. The number of hydrogen-bond acceptors (Lipinski definition) is 1. The first-order valence-corrected chi connectivity index (χ1v) is 4.60. The highest BCUT2D eigenvalue weighted by atomic mass is 35.5. The highest BCUT2D eigenvalue weighted by Gasteiger charge is 2.35. The first kappa shape index (κ1) is 11.4. The van der Waals surface area contributed by atoms with E-state index >= 15 is 0 Å². The number of aliphatic hydroxyl groups excluding tert-OH is 1. The van der Waals surface area contributed by atoms with Crippen LogP contribution < -0.4 is 0 Å². The van der Waals surface area contributed by atoms with Gasteiger partial charge in [-0.2, -0.15) is 0 Å². The van der Waals surface area contributed by atoms with Crippen LogP contribution in [0.5, 0.6) is 0 Å². The smallest absolute Gasteiger partial charge is 0.277 e. The lowest BCUT2D eigenvalue weighted by molar-refractivity contribution is -0.0982. The van der Waals surface area contributed by atoms with Crippen LogP contribution in [-0.4, -0.2) is 17.1 Å². The Morgan fingerprint density at radius 2 is 2.14 bits per heavy atom. The lowest BCUT2D eigenvalue weighted by atomic mass is 10.0. The zero-order chi connectivity index (χ0) is 10.8. The maximum absolute atomic E-state index is 13.1. The molecule has 0 aliphatic rings. The Morgan fingerprint density at radius 3 is 2.64 bits per heavy atom. The molecule has 0 amide bonds. The molecule has 1 nitrogen and oxygen atoms in total. The Morgan fingerprint density at radius 1 is 1.50 bits per heavy atom. The molecule has 1 rings (SSSR count). The lowest BCUT2D eigenvalue weighted by Gasteiger charge is -2.19. The van der Waals surface area contributed by atoms with Crippen LogP contribution in [-0.2, 0) is 6.42 Å². The highest BCUT2D eigenvalue weighted by Crippen LogP contribution is 2.25. The minimum atomic E-state index is -3.11. The van der Waals surface area contributed by atoms with E-state index in [-0.39, 0.29) is 0 Å². The largest absolute Gasteiger partial charge is 0.387 e. The van der Waals surface area contributed by atoms with Gasteiger partial charge in [0.25, 0.3) is 5.92 Å². The summed E-state index contributed by atoms with van der Waals surface area (Å²) in [4.78, 5) is 0. The van der Waals surface area contributed by atoms with E-state index in [4.69, 9.17) is 16.7 Å². The summed E-state index contributed by atoms with van der Waals surface area (Å²) in [7, 11) is 0. The molecule has 0 aromatic heterocycles. The Hall–Kier alpha value is -0.670. The molecule has 0 saturated carbocycles. The van der Waals surface area contributed by atoms with Gasteiger partial charge in [0.1, 0.15) is 6.10 Å². The van der Waals surface area contributed by atoms with Crippen molar-refractivity contribution >= 4 is 11.6 Å². The number of halogens is 3. The molecule has 0 aliphatic carbocycles. The first-order chi connectivity index (χ1) is 6.42. The SMILES string of the molecule is CC(O)C(F)(F)Cc1cccc(Cl)c1. The first-order valence-electron chi connectivity index (χ1n) is 4.22. The number of rotatable bonds is 3. The van der Waals surface area contributed by atoms with Gasteiger partial charge in [-0.1, -0.05) is 23.7 Å². The zero-order valence-corrected chi connectivity index (χ0v) is 8.43. The summed E-state index contributed by atoms with van der Waals surface area (Å²) in [6.45, 7) is 1.07. The lowest BCUT2D eigenvalue weighted by Crippen LogP contribution is -2.33. The molecule has 0 radical (unpaired) electrons. The molecule has 0 fully saturated rings. The van der Waals surface area contributed by atoms with E-state index in [0.29, 0.717) is 10.6 Å². The molecule has 1 unspecified atom stereocenters. The second-order valence-corrected chi connectivity index (χ2v) is 3.68. The van der Waals surface area contributed by atoms with E-state index in [1.165, 1.54) is 6.07 Å². The maximum atomic E-state index is 13.1. The van der Waals surface area contributed by atoms with Gasteiger partial charge in [0.15, 0.2) is 0 Å². The van der Waals surface area contributed by atoms with Crippen molar-refractivity contribution in [3.8, 4) is 0 Å². The van der Waals surface area contributed by atoms with Crippen molar-refractivity contribution in [2.45, 2.75) is 25.4 Å². The molecule has 0 spiro atoms. The Balaban J connectivity index is 2.78. The summed E-state index contributed by atoms with van der Waals surface area (Å²) >= 11 is 5.65. The minimum Gasteiger partial charge on any atom is -0.387 e. The molecule has 0 heterocycles. The summed E-state index contributed by atoms with van der Waals surface area (Å²) in [5.74, 6) is -3.11. The van der Waals surface area contributed by atoms with Gasteiger partial charge in [-0.25, -0.2) is 8.78 Å². The fraction of sp³-hybridized carbons (Fsp3) is 0.400. The van der Waals surface area contributed by atoms with Crippen LogP contribution in [0.4, 0.5) is 8.78 Å². The molecule has 0 bridgehead atoms. The number of alkyl halides is 2. The molecule has 0 aliphatic heterocycles. The fourth-order valence-corrected chi connectivity index (χ4v) is 1.28. The Labute approximate surface area is 86.3 Å². The van der Waals surface area contributed by atoms with Crippen molar-refractivity contribution in [3.05, 3.63) is 34.9 Å². The van der Waals surface area contributed by atoms with E-state index in [9.17, 15) is 8.78 Å². The van der Waals surface area contributed by atoms with E-state index in [0.717, 1.165) is 6.92 Å². The van der Waals surface area contributed by atoms with Crippen LogP contribution in [0.25, 0.3) is 0 Å². The summed E-state index contributed by atoms with van der Waals surface area (Å²) < 4.78 is 26.1. The molecular weight excluding hydrogens is 210 g/mol. The summed E-state index contributed by atoms with van der Waals surface area (Å²) in [6.07, 6.45) is -2.15. The number of aliphatic hydroxyl groups is 1. The van der Waals surface area contributed by atoms with Gasteiger partial charge in [-0.3, -0.25) is 0 Å². The van der Waals surface area contributed by atoms with Crippen LogP contribution in [0.1, 0.15) is 12.5 Å². The van der Waals surface area contributed by atoms with Gasteiger partial charge in [-0.05, 0) is 24.6 Å². The van der Waals surface area contributed by atoms with Crippen molar-refractivity contribution in [1.29, 1.82) is 0 Å². The average Bonchev–Trinajstić information content (AvgIpc) is 2.02. The van der Waals surface area contributed by atoms with E-state index in [1.54, 1.807) is 18.2 Å². The zero-order valence-electron chi connectivity index (χ0n) is 7.67. The maximum Gasteiger partial charge on any atom is 0.277 e. The monoisotopic (exact) mass is 220 g/mol. The third kappa shape index (κ3) is 2.93. The number of hydrogen-bond donors (Lipinski definition) is 1. The molecular formula is C10H11ClF2O. The normalized spacial score (nSPS) is 14.1. The molecule has 1 N–H and O–H groups in total. The van der Waals surface area contributed by atoms with Crippen molar-refractivity contribution in [1.82, 2.24) is 0 Å². The molecule has 1 atom stereocenters. The topological polar surface area (TPSA) is 20.2 Å². The fourth-order valence-electron chi connectivity index (χ4n) is 1.07. The van der Waals surface area contributed by atoms with Gasteiger partial charge in [0.05, 0.1) is 0 Å². The quantitative estimate of drug-likeness (QED) is 0.831. The van der Waals surface area contributed by atoms with Crippen LogP contribution in [0.3, 0.4) is 0 Å². The van der Waals surface area contributed by atoms with Gasteiger partial charge >= 0.3 is 0 Å². The second kappa shape index (κ2) is 4.24. The van der Waals surface area contributed by atoms with Gasteiger partial charge in [0.2, 0.25) is 0 Å². The second-order valence-electron chi connectivity index (χ2n) is 3.24. The van der Waals surface area contributed by atoms with Crippen LogP contribution in [0.2, 0.25) is 5.02 Å². The van der Waals surface area contributed by atoms with Crippen LogP contribution >= 0.6 is 11.6 Å². The average molecular weight is 221 g/mol. The van der Waals surface area contributed by atoms with Crippen molar-refractivity contribution in [2.75, 3.05) is 0 Å². The van der Waals surface area contributed by atoms with Gasteiger partial charge < -0.3 is 5.11 Å². The minimum absolute atomic E-state index is 0.420. The predicted octanol–water partition coefficient (Wildman–Crippen LogP) is 2.90. The molecule has 78 valence electrons. The third-order valence-corrected chi connectivity index (χ3v) is 2.18. The molecule has 4 heteroatoms. The molecule has 1 aromatic rings. The standard InChI is InChI=1S/C10H11ClF2O/c1-7(14)10(12,13)6-8-3-2-4-9(11)5-8/h2-5,7,14H,6H2,1H3. The molecule has 0 saturated heterocycles. The Bertz CT molecular complexity index is 313. The van der Waals surface area contributed by atoms with Gasteiger partial charge in [-0.15, -0.1) is 0 Å². The summed E-state index contributed by atoms with van der Waals surface area (Å²) in [5, 5.41) is 9.25. The summed E-state index contributed by atoms with van der Waals surface area (Å²) in [6, 6.07) is 6.25. The van der Waals surface area contributed by atoms with Gasteiger partial charge in [0, 0.05) is 11.4 Å². The van der Waals surface area contributed by atoms with E-state index < -0.39 is 18.4 Å². The van der Waals surface area contributed by atoms with E-state index in [1.807, 2.05) is 0 Å². The van der Waals surface area contributed by atoms with Crippen molar-refractivity contribution in [2.24, 2.45) is 0 Å². The molecule has 14 heavy (non-hydrogen) atoms. The summed E-state index contributed by atoms with van der Waals surface area (Å²) in [5.41, 5.74) is 0.420. The van der Waals surface area contributed by atoms with Crippen LogP contribution in [0.15, 0.2) is 24.3 Å².